The van der Waals surface area contributed by atoms with E-state index in [9.17, 15) is 9.59 Å². The zero-order valence-corrected chi connectivity index (χ0v) is 41.9. The summed E-state index contributed by atoms with van der Waals surface area (Å²) in [6.45, 7) is 15.1. The first kappa shape index (κ1) is 51.5. The summed E-state index contributed by atoms with van der Waals surface area (Å²) in [6, 6.07) is 16.0. The van der Waals surface area contributed by atoms with E-state index in [2.05, 4.69) is 9.97 Å². The number of amides is 2. The van der Waals surface area contributed by atoms with Crippen molar-refractivity contribution in [3.8, 4) is 28.8 Å². The highest BCUT2D eigenvalue weighted by Gasteiger charge is 2.40. The molecule has 0 bridgehead atoms. The molecule has 0 spiro atoms. The number of piperazine rings is 1. The molecule has 0 radical (unpaired) electrons. The van der Waals surface area contributed by atoms with Crippen LogP contribution in [0.25, 0.3) is 22.2 Å². The maximum atomic E-state index is 17.9. The molecule has 2 aliphatic heterocycles. The number of fused-ring (bicyclic) bond motifs is 1. The van der Waals surface area contributed by atoms with Gasteiger partial charge < -0.3 is 43.3 Å². The fourth-order valence-corrected chi connectivity index (χ4v) is 8.92. The van der Waals surface area contributed by atoms with Gasteiger partial charge in [-0.3, -0.25) is 0 Å². The largest absolute Gasteiger partial charge is 0.497 e. The summed E-state index contributed by atoms with van der Waals surface area (Å²) in [7, 11) is 3.10. The second-order valence-corrected chi connectivity index (χ2v) is 20.0. The molecule has 3 aromatic carbocycles. The molecule has 7 rings (SSSR count). The van der Waals surface area contributed by atoms with Crippen LogP contribution >= 0.6 is 11.6 Å². The number of rotatable bonds is 12. The number of hydrogen-bond acceptors (Lipinski definition) is 12. The summed E-state index contributed by atoms with van der Waals surface area (Å²) in [5.41, 5.74) is -2.99. The number of carbonyl (C=O) groups is 2. The van der Waals surface area contributed by atoms with Crippen molar-refractivity contribution >= 4 is 46.3 Å². The van der Waals surface area contributed by atoms with Gasteiger partial charge in [-0.25, -0.2) is 19.0 Å². The molecule has 0 N–H and O–H groups in total. The number of hydrogen-bond donors (Lipinski definition) is 0. The number of halogens is 5. The highest BCUT2D eigenvalue weighted by molar-refractivity contribution is 6.34. The Kier molecular flexibility index (Phi) is 15.2. The van der Waals surface area contributed by atoms with E-state index in [1.54, 1.807) is 94.7 Å². The van der Waals surface area contributed by atoms with Crippen molar-refractivity contribution in [2.45, 2.75) is 111 Å². The number of methoxy groups -OCH3 is 2. The molecular formula is C51H60ClF4N7O7. The number of pyridine rings is 1. The van der Waals surface area contributed by atoms with Crippen molar-refractivity contribution in [3.63, 3.8) is 0 Å². The lowest BCUT2D eigenvalue weighted by atomic mass is 9.98. The monoisotopic (exact) mass is 993 g/mol. The molecule has 0 saturated carbocycles. The van der Waals surface area contributed by atoms with Gasteiger partial charge in [-0.1, -0.05) is 35.9 Å². The molecule has 2 aliphatic rings. The fourth-order valence-electron chi connectivity index (χ4n) is 8.64. The molecule has 5 aromatic rings. The summed E-state index contributed by atoms with van der Waals surface area (Å²) in [5.74, 6) is 0.365. The van der Waals surface area contributed by atoms with Crippen LogP contribution in [0.1, 0.15) is 83.6 Å². The van der Waals surface area contributed by atoms with Gasteiger partial charge in [-0.05, 0) is 121 Å². The number of anilines is 2. The maximum Gasteiger partial charge on any atom is 0.418 e. The van der Waals surface area contributed by atoms with Crippen molar-refractivity contribution in [2.75, 3.05) is 56.8 Å². The molecule has 19 heteroatoms. The molecule has 2 atom stereocenters. The fraction of sp³-hybridized carbons (Fsp3) is 0.471. The van der Waals surface area contributed by atoms with Crippen LogP contribution in [0, 0.1) is 12.7 Å². The van der Waals surface area contributed by atoms with E-state index in [-0.39, 0.29) is 78.5 Å². The molecule has 376 valence electrons. The number of nitrogens with zero attached hydrogens (tertiary/aromatic N) is 7. The van der Waals surface area contributed by atoms with Gasteiger partial charge in [-0.15, -0.1) is 0 Å². The Morgan fingerprint density at radius 3 is 1.94 bits per heavy atom. The van der Waals surface area contributed by atoms with E-state index in [1.165, 1.54) is 19.1 Å². The van der Waals surface area contributed by atoms with Crippen molar-refractivity contribution in [1.29, 1.82) is 0 Å². The zero-order valence-electron chi connectivity index (χ0n) is 41.2. The molecule has 0 unspecified atom stereocenters. The summed E-state index contributed by atoms with van der Waals surface area (Å²) in [4.78, 5) is 47.0. The third-order valence-corrected chi connectivity index (χ3v) is 12.2. The summed E-state index contributed by atoms with van der Waals surface area (Å²) < 4.78 is 92.2. The second-order valence-electron chi connectivity index (χ2n) is 19.6. The third kappa shape index (κ3) is 12.0. The lowest BCUT2D eigenvalue weighted by Crippen LogP contribution is -2.55. The van der Waals surface area contributed by atoms with Gasteiger partial charge in [-0.2, -0.15) is 23.1 Å². The molecule has 2 amide bonds. The Labute approximate surface area is 410 Å². The average Bonchev–Trinajstić information content (AvgIpc) is 3.76. The highest BCUT2D eigenvalue weighted by Crippen LogP contribution is 2.46. The number of aromatic nitrogens is 3. The van der Waals surface area contributed by atoms with Crippen LogP contribution in [-0.4, -0.2) is 107 Å². The smallest absolute Gasteiger partial charge is 0.418 e. The first-order valence-corrected chi connectivity index (χ1v) is 23.5. The minimum Gasteiger partial charge on any atom is -0.497 e. The molecule has 14 nitrogen and oxygen atoms in total. The topological polar surface area (TPSA) is 132 Å². The van der Waals surface area contributed by atoms with Gasteiger partial charge in [0.2, 0.25) is 0 Å². The summed E-state index contributed by atoms with van der Waals surface area (Å²) in [5, 5.41) is -0.275. The van der Waals surface area contributed by atoms with Crippen LogP contribution in [-0.2, 0) is 28.7 Å². The molecule has 2 fully saturated rings. The van der Waals surface area contributed by atoms with Crippen molar-refractivity contribution in [1.82, 2.24) is 24.8 Å². The first-order valence-electron chi connectivity index (χ1n) is 23.1. The number of alkyl halides is 3. The number of ether oxygens (including phenoxy) is 5. The van der Waals surface area contributed by atoms with E-state index >= 15 is 17.6 Å². The van der Waals surface area contributed by atoms with Crippen LogP contribution in [0.4, 0.5) is 38.8 Å². The lowest BCUT2D eigenvalue weighted by Gasteiger charge is -2.41. The predicted octanol–water partition coefficient (Wildman–Crippen LogP) is 11.3. The van der Waals surface area contributed by atoms with E-state index in [4.69, 9.17) is 40.3 Å². The number of carbonyl (C=O) groups excluding carboxylic acids is 2. The Bertz CT molecular complexity index is 2650. The number of benzene rings is 3. The molecule has 2 saturated heterocycles. The van der Waals surface area contributed by atoms with Gasteiger partial charge in [0, 0.05) is 50.7 Å². The normalized spacial score (nSPS) is 16.6. The minimum atomic E-state index is -5.00. The van der Waals surface area contributed by atoms with Crippen LogP contribution in [0.5, 0.6) is 17.5 Å². The van der Waals surface area contributed by atoms with Crippen LogP contribution in [0.3, 0.4) is 0 Å². The summed E-state index contributed by atoms with van der Waals surface area (Å²) >= 11 is 7.01. The molecular weight excluding hydrogens is 934 g/mol. The lowest BCUT2D eigenvalue weighted by molar-refractivity contribution is -0.137. The second kappa shape index (κ2) is 20.6. The Balaban J connectivity index is 1.36. The maximum absolute atomic E-state index is 17.9. The summed E-state index contributed by atoms with van der Waals surface area (Å²) in [6.07, 6.45) is -4.76. The zero-order chi connectivity index (χ0) is 50.9. The minimum absolute atomic E-state index is 0.0898. The van der Waals surface area contributed by atoms with Gasteiger partial charge in [0.05, 0.1) is 42.1 Å². The van der Waals surface area contributed by atoms with E-state index in [1.807, 2.05) is 36.1 Å². The SMILES string of the molecule is COc1ccc(CN(Cc2ccc(OC)cc2)c2cc(C)c(C(F)(F)F)c(-c3c(Cl)cc4c(N5CCN(C(=O)OC(C)(C)C)C[C@@H]5C)nc(OC[C@@H]5CCCN5C(=O)OC(C)(C)C)nc4c3F)n2)cc1. The Morgan fingerprint density at radius 1 is 0.814 bits per heavy atom. The average molecular weight is 995 g/mol. The quantitative estimate of drug-likeness (QED) is 0.110. The van der Waals surface area contributed by atoms with Gasteiger partial charge in [0.25, 0.3) is 0 Å². The standard InChI is InChI=1S/C51H60ClF4N7O7/c1-30-24-39(61(27-32-13-17-35(66-9)18-14-32)28-33-15-19-36(67-10)20-16-33)57-44(41(30)51(54,55)56)40-38(52)25-37-43(42(40)53)58-46(68-29-34-12-11-21-63(34)48(65)70-50(6,7)8)59-45(37)62-23-22-60(26-31(62)2)47(64)69-49(3,4)5/h13-20,24-25,31,34H,11-12,21-23,26-29H2,1-10H3/t31-,34-/m0/s1. The van der Waals surface area contributed by atoms with Crippen LogP contribution < -0.4 is 24.0 Å². The van der Waals surface area contributed by atoms with Gasteiger partial charge in [0.15, 0.2) is 5.82 Å². The Hall–Kier alpha value is -6.30. The predicted molar refractivity (Wildman–Crippen MR) is 259 cm³/mol. The van der Waals surface area contributed by atoms with Gasteiger partial charge in [0.1, 0.15) is 46.5 Å². The first-order chi connectivity index (χ1) is 32.9. The third-order valence-electron chi connectivity index (χ3n) is 11.9. The Morgan fingerprint density at radius 2 is 1.40 bits per heavy atom. The number of likely N-dealkylation sites (tertiary alicyclic amines) is 1. The van der Waals surface area contributed by atoms with Crippen molar-refractivity contribution in [3.05, 3.63) is 93.8 Å². The number of aryl methyl sites for hydroxylation is 1. The van der Waals surface area contributed by atoms with Crippen molar-refractivity contribution < 1.29 is 50.8 Å². The van der Waals surface area contributed by atoms with Crippen LogP contribution in [0.15, 0.2) is 60.7 Å². The molecule has 2 aromatic heterocycles. The van der Waals surface area contributed by atoms with E-state index in [0.717, 1.165) is 11.1 Å². The van der Waals surface area contributed by atoms with Crippen LogP contribution in [0.2, 0.25) is 5.02 Å². The van der Waals surface area contributed by atoms with E-state index in [0.29, 0.717) is 30.9 Å². The highest BCUT2D eigenvalue weighted by atomic mass is 35.5. The van der Waals surface area contributed by atoms with E-state index < -0.39 is 64.3 Å². The molecule has 0 aliphatic carbocycles. The van der Waals surface area contributed by atoms with Gasteiger partial charge >= 0.3 is 24.4 Å². The van der Waals surface area contributed by atoms with Crippen molar-refractivity contribution in [2.24, 2.45) is 0 Å². The molecule has 70 heavy (non-hydrogen) atoms. The molecule has 4 heterocycles.